The van der Waals surface area contributed by atoms with E-state index in [0.717, 1.165) is 25.5 Å². The quantitative estimate of drug-likeness (QED) is 0.862. The maximum absolute atomic E-state index is 11.1. The maximum Gasteiger partial charge on any atom is 0.335 e. The Labute approximate surface area is 124 Å². The SMILES string of the molecule is CN1CCN(c2cc(C(=O)O)ccn2)C(NC2CCC2)C1. The first-order valence-corrected chi connectivity index (χ1v) is 7.54. The molecule has 1 saturated carbocycles. The standard InChI is InChI=1S/C15H22N4O2/c1-18-7-8-19(14(10-18)17-12-3-2-4-12)13-9-11(15(20)21)5-6-16-13/h5-6,9,12,14,17H,2-4,7-8,10H2,1H3,(H,20,21). The van der Waals surface area contributed by atoms with E-state index in [0.29, 0.717) is 11.6 Å². The average Bonchev–Trinajstić information content (AvgIpc) is 2.43. The normalized spacial score (nSPS) is 23.9. The Kier molecular flexibility index (Phi) is 4.07. The number of nitrogens with zero attached hydrogens (tertiary/aromatic N) is 3. The summed E-state index contributed by atoms with van der Waals surface area (Å²) in [5.74, 6) is -0.156. The van der Waals surface area contributed by atoms with Gasteiger partial charge >= 0.3 is 5.97 Å². The van der Waals surface area contributed by atoms with E-state index in [9.17, 15) is 4.79 Å². The van der Waals surface area contributed by atoms with Gasteiger partial charge in [0.05, 0.1) is 11.7 Å². The smallest absolute Gasteiger partial charge is 0.335 e. The maximum atomic E-state index is 11.1. The third kappa shape index (κ3) is 3.16. The summed E-state index contributed by atoms with van der Waals surface area (Å²) in [7, 11) is 2.12. The van der Waals surface area contributed by atoms with Crippen LogP contribution in [0.15, 0.2) is 18.3 Å². The highest BCUT2D eigenvalue weighted by molar-refractivity contribution is 5.88. The molecular weight excluding hydrogens is 268 g/mol. The molecule has 1 unspecified atom stereocenters. The molecule has 3 rings (SSSR count). The molecule has 1 aliphatic carbocycles. The van der Waals surface area contributed by atoms with E-state index < -0.39 is 5.97 Å². The van der Waals surface area contributed by atoms with Crippen LogP contribution in [0.3, 0.4) is 0 Å². The first-order valence-electron chi connectivity index (χ1n) is 7.54. The molecule has 0 bridgehead atoms. The number of pyridine rings is 1. The largest absolute Gasteiger partial charge is 0.478 e. The fourth-order valence-electron chi connectivity index (χ4n) is 2.89. The highest BCUT2D eigenvalue weighted by Gasteiger charge is 2.30. The number of aromatic carboxylic acids is 1. The van der Waals surface area contributed by atoms with Crippen molar-refractivity contribution in [3.8, 4) is 0 Å². The summed E-state index contributed by atoms with van der Waals surface area (Å²) in [5.41, 5.74) is 0.293. The molecule has 0 amide bonds. The van der Waals surface area contributed by atoms with E-state index in [1.54, 1.807) is 12.3 Å². The van der Waals surface area contributed by atoms with Crippen molar-refractivity contribution in [2.75, 3.05) is 31.6 Å². The number of hydrogen-bond donors (Lipinski definition) is 2. The zero-order valence-corrected chi connectivity index (χ0v) is 12.3. The Morgan fingerprint density at radius 1 is 1.43 bits per heavy atom. The van der Waals surface area contributed by atoms with Gasteiger partial charge in [-0.3, -0.25) is 5.32 Å². The molecular formula is C15H22N4O2. The van der Waals surface area contributed by atoms with Crippen LogP contribution in [0, 0.1) is 0 Å². The third-order valence-electron chi connectivity index (χ3n) is 4.40. The Morgan fingerprint density at radius 3 is 2.90 bits per heavy atom. The third-order valence-corrected chi connectivity index (χ3v) is 4.40. The van der Waals surface area contributed by atoms with Gasteiger partial charge in [-0.2, -0.15) is 0 Å². The predicted octanol–water partition coefficient (Wildman–Crippen LogP) is 1.000. The Balaban J connectivity index is 1.79. The second kappa shape index (κ2) is 5.99. The number of piperazine rings is 1. The lowest BCUT2D eigenvalue weighted by molar-refractivity contribution is 0.0696. The monoisotopic (exact) mass is 290 g/mol. The van der Waals surface area contributed by atoms with Crippen LogP contribution in [0.4, 0.5) is 5.82 Å². The first-order chi connectivity index (χ1) is 10.1. The first kappa shape index (κ1) is 14.3. The van der Waals surface area contributed by atoms with Gasteiger partial charge in [-0.1, -0.05) is 6.42 Å². The van der Waals surface area contributed by atoms with Crippen molar-refractivity contribution in [3.63, 3.8) is 0 Å². The molecule has 114 valence electrons. The topological polar surface area (TPSA) is 68.7 Å². The summed E-state index contributed by atoms with van der Waals surface area (Å²) in [5, 5.41) is 12.8. The van der Waals surface area contributed by atoms with Crippen LogP contribution < -0.4 is 10.2 Å². The van der Waals surface area contributed by atoms with E-state index in [2.05, 4.69) is 27.1 Å². The predicted molar refractivity (Wildman–Crippen MR) is 80.6 cm³/mol. The second-order valence-corrected chi connectivity index (χ2v) is 5.97. The van der Waals surface area contributed by atoms with Gasteiger partial charge in [-0.25, -0.2) is 9.78 Å². The Morgan fingerprint density at radius 2 is 2.24 bits per heavy atom. The minimum absolute atomic E-state index is 0.200. The average molecular weight is 290 g/mol. The van der Waals surface area contributed by atoms with Crippen LogP contribution >= 0.6 is 0 Å². The summed E-state index contributed by atoms with van der Waals surface area (Å²) in [6, 6.07) is 3.80. The van der Waals surface area contributed by atoms with Gasteiger partial charge in [-0.05, 0) is 32.0 Å². The molecule has 2 heterocycles. The molecule has 21 heavy (non-hydrogen) atoms. The van der Waals surface area contributed by atoms with Crippen molar-refractivity contribution >= 4 is 11.8 Å². The molecule has 1 saturated heterocycles. The van der Waals surface area contributed by atoms with Gasteiger partial charge in [0.15, 0.2) is 0 Å². The zero-order chi connectivity index (χ0) is 14.8. The molecule has 0 radical (unpaired) electrons. The van der Waals surface area contributed by atoms with Crippen molar-refractivity contribution in [2.45, 2.75) is 31.5 Å². The summed E-state index contributed by atoms with van der Waals surface area (Å²) < 4.78 is 0. The molecule has 1 aromatic rings. The number of carboxylic acids is 1. The molecule has 0 aromatic carbocycles. The van der Waals surface area contributed by atoms with Crippen molar-refractivity contribution < 1.29 is 9.90 Å². The molecule has 6 heteroatoms. The molecule has 1 aliphatic heterocycles. The van der Waals surface area contributed by atoms with Gasteiger partial charge in [0, 0.05) is 31.9 Å². The van der Waals surface area contributed by atoms with Crippen molar-refractivity contribution in [1.82, 2.24) is 15.2 Å². The highest BCUT2D eigenvalue weighted by Crippen LogP contribution is 2.23. The number of rotatable bonds is 4. The van der Waals surface area contributed by atoms with Gasteiger partial charge in [0.1, 0.15) is 5.82 Å². The molecule has 1 aromatic heterocycles. The van der Waals surface area contributed by atoms with Gasteiger partial charge < -0.3 is 14.9 Å². The lowest BCUT2D eigenvalue weighted by Crippen LogP contribution is -2.61. The van der Waals surface area contributed by atoms with Crippen LogP contribution in [0.2, 0.25) is 0 Å². The molecule has 6 nitrogen and oxygen atoms in total. The van der Waals surface area contributed by atoms with E-state index in [1.807, 2.05) is 0 Å². The lowest BCUT2D eigenvalue weighted by atomic mass is 9.93. The van der Waals surface area contributed by atoms with Crippen LogP contribution in [0.25, 0.3) is 0 Å². The molecule has 2 N–H and O–H groups in total. The van der Waals surface area contributed by atoms with E-state index in [4.69, 9.17) is 5.11 Å². The zero-order valence-electron chi connectivity index (χ0n) is 12.3. The number of hydrogen-bond acceptors (Lipinski definition) is 5. The number of likely N-dealkylation sites (N-methyl/N-ethyl adjacent to an activating group) is 1. The van der Waals surface area contributed by atoms with Crippen LogP contribution in [-0.2, 0) is 0 Å². The number of aromatic nitrogens is 1. The van der Waals surface area contributed by atoms with Gasteiger partial charge in [-0.15, -0.1) is 0 Å². The van der Waals surface area contributed by atoms with Crippen LogP contribution in [-0.4, -0.2) is 59.8 Å². The van der Waals surface area contributed by atoms with Crippen molar-refractivity contribution in [1.29, 1.82) is 0 Å². The summed E-state index contributed by atoms with van der Waals surface area (Å²) >= 11 is 0. The van der Waals surface area contributed by atoms with E-state index >= 15 is 0 Å². The fourth-order valence-corrected chi connectivity index (χ4v) is 2.89. The van der Waals surface area contributed by atoms with E-state index in [1.165, 1.54) is 25.3 Å². The van der Waals surface area contributed by atoms with E-state index in [-0.39, 0.29) is 6.17 Å². The Bertz CT molecular complexity index is 518. The number of anilines is 1. The minimum atomic E-state index is -0.906. The minimum Gasteiger partial charge on any atom is -0.478 e. The summed E-state index contributed by atoms with van der Waals surface area (Å²) in [6.45, 7) is 2.74. The van der Waals surface area contributed by atoms with Crippen molar-refractivity contribution in [2.24, 2.45) is 0 Å². The summed E-state index contributed by atoms with van der Waals surface area (Å²) in [6.07, 6.45) is 5.54. The van der Waals surface area contributed by atoms with Crippen LogP contribution in [0.1, 0.15) is 29.6 Å². The molecule has 1 atom stereocenters. The number of carbonyl (C=O) groups is 1. The molecule has 2 fully saturated rings. The van der Waals surface area contributed by atoms with Gasteiger partial charge in [0.25, 0.3) is 0 Å². The number of carboxylic acid groups (broad SMARTS) is 1. The van der Waals surface area contributed by atoms with Crippen molar-refractivity contribution in [3.05, 3.63) is 23.9 Å². The number of nitrogens with one attached hydrogen (secondary N) is 1. The van der Waals surface area contributed by atoms with Crippen LogP contribution in [0.5, 0.6) is 0 Å². The summed E-state index contributed by atoms with van der Waals surface area (Å²) in [4.78, 5) is 20.0. The van der Waals surface area contributed by atoms with Gasteiger partial charge in [0.2, 0.25) is 0 Å². The second-order valence-electron chi connectivity index (χ2n) is 5.97. The highest BCUT2D eigenvalue weighted by atomic mass is 16.4. The molecule has 2 aliphatic rings. The fraction of sp³-hybridized carbons (Fsp3) is 0.600. The molecule has 0 spiro atoms. The Hall–Kier alpha value is -1.66. The lowest BCUT2D eigenvalue weighted by Gasteiger charge is -2.44.